The summed E-state index contributed by atoms with van der Waals surface area (Å²) in [6.07, 6.45) is 4.40. The van der Waals surface area contributed by atoms with Crippen molar-refractivity contribution >= 4 is 29.1 Å². The molecule has 1 aromatic heterocycles. The molecule has 0 saturated carbocycles. The number of nitrogens with one attached hydrogen (secondary N) is 2. The van der Waals surface area contributed by atoms with Crippen molar-refractivity contribution in [1.82, 2.24) is 20.1 Å². The van der Waals surface area contributed by atoms with Crippen LogP contribution < -0.4 is 15.4 Å². The van der Waals surface area contributed by atoms with Crippen molar-refractivity contribution in [2.45, 2.75) is 32.2 Å². The van der Waals surface area contributed by atoms with Gasteiger partial charge in [-0.3, -0.25) is 10.1 Å². The maximum atomic E-state index is 12.4. The van der Waals surface area contributed by atoms with Gasteiger partial charge in [-0.25, -0.2) is 9.78 Å². The number of carbonyl (C=O) groups excluding carboxylic acids is 2. The second kappa shape index (κ2) is 11.0. The van der Waals surface area contributed by atoms with Crippen LogP contribution in [0.25, 0.3) is 10.6 Å². The van der Waals surface area contributed by atoms with Crippen LogP contribution in [-0.4, -0.2) is 72.6 Å². The average molecular weight is 488 g/mol. The van der Waals surface area contributed by atoms with Crippen molar-refractivity contribution in [1.29, 1.82) is 0 Å². The van der Waals surface area contributed by atoms with E-state index in [1.165, 1.54) is 17.4 Å². The molecule has 3 heterocycles. The molecule has 0 unspecified atom stereocenters. The summed E-state index contributed by atoms with van der Waals surface area (Å²) in [5, 5.41) is 8.61. The SMILES string of the molecule is C=CC(=O)N1CC[C@@H](COc2ccc(-c3nc(NC(=O)N[C@H]4CCCN(C)C4)cs3)cc2C)C1.[HH].[HH]. The van der Waals surface area contributed by atoms with E-state index >= 15 is 0 Å². The van der Waals surface area contributed by atoms with Gasteiger partial charge in [-0.15, -0.1) is 11.3 Å². The normalized spacial score (nSPS) is 20.7. The number of hydrogen-bond donors (Lipinski definition) is 2. The fourth-order valence-electron chi connectivity index (χ4n) is 4.54. The standard InChI is InChI=1S/C25H33N5O3S.2H2/c1-4-23(31)30-11-9-18(13-30)15-33-21-8-7-19(12-17(21)2)24-27-22(16-34-24)28-25(32)26-20-6-5-10-29(3)14-20;;/h4,7-8,12,16,18,20H,1,5-6,9-11,13-15H2,2-3H3,(H2,26,28,32);2*1H/t18-,20+;;/m1../s1. The van der Waals surface area contributed by atoms with Crippen LogP contribution in [0.1, 0.15) is 27.7 Å². The second-order valence-electron chi connectivity index (χ2n) is 9.17. The number of urea groups is 1. The van der Waals surface area contributed by atoms with E-state index in [4.69, 9.17) is 4.74 Å². The van der Waals surface area contributed by atoms with E-state index < -0.39 is 0 Å². The number of anilines is 1. The molecule has 186 valence electrons. The molecule has 2 saturated heterocycles. The minimum Gasteiger partial charge on any atom is -0.493 e. The molecule has 8 nitrogen and oxygen atoms in total. The number of rotatable bonds is 7. The molecule has 2 atom stereocenters. The number of likely N-dealkylation sites (tertiary alicyclic amines) is 2. The molecule has 4 rings (SSSR count). The van der Waals surface area contributed by atoms with Gasteiger partial charge in [0.15, 0.2) is 0 Å². The number of ether oxygens (including phenoxy) is 1. The number of likely N-dealkylation sites (N-methyl/N-ethyl adjacent to an activating group) is 1. The van der Waals surface area contributed by atoms with Crippen LogP contribution in [-0.2, 0) is 4.79 Å². The molecular weight excluding hydrogens is 450 g/mol. The van der Waals surface area contributed by atoms with E-state index in [1.54, 1.807) is 0 Å². The highest BCUT2D eigenvalue weighted by atomic mass is 32.1. The Hall–Kier alpha value is -2.91. The average Bonchev–Trinajstić information content (AvgIpc) is 3.47. The van der Waals surface area contributed by atoms with E-state index in [2.05, 4.69) is 40.2 Å². The molecule has 0 radical (unpaired) electrons. The zero-order valence-corrected chi connectivity index (χ0v) is 20.7. The van der Waals surface area contributed by atoms with E-state index in [9.17, 15) is 9.59 Å². The molecule has 1 aromatic carbocycles. The van der Waals surface area contributed by atoms with Crippen LogP contribution in [0.3, 0.4) is 0 Å². The topological polar surface area (TPSA) is 86.8 Å². The van der Waals surface area contributed by atoms with Crippen molar-refractivity contribution in [2.75, 3.05) is 45.2 Å². The Morgan fingerprint density at radius 1 is 1.32 bits per heavy atom. The van der Waals surface area contributed by atoms with Crippen LogP contribution in [0.5, 0.6) is 5.75 Å². The van der Waals surface area contributed by atoms with Crippen LogP contribution in [0.4, 0.5) is 10.6 Å². The highest BCUT2D eigenvalue weighted by Gasteiger charge is 2.25. The van der Waals surface area contributed by atoms with Gasteiger partial charge in [-0.2, -0.15) is 0 Å². The Morgan fingerprint density at radius 3 is 2.94 bits per heavy atom. The second-order valence-corrected chi connectivity index (χ2v) is 10.0. The van der Waals surface area contributed by atoms with Gasteiger partial charge in [-0.1, -0.05) is 6.58 Å². The summed E-state index contributed by atoms with van der Waals surface area (Å²) in [5.41, 5.74) is 2.01. The Morgan fingerprint density at radius 2 is 2.18 bits per heavy atom. The number of piperidine rings is 1. The molecule has 2 fully saturated rings. The van der Waals surface area contributed by atoms with Gasteiger partial charge in [0.2, 0.25) is 5.91 Å². The van der Waals surface area contributed by atoms with Crippen LogP contribution >= 0.6 is 11.3 Å². The first-order valence-electron chi connectivity index (χ1n) is 11.8. The Bertz CT molecular complexity index is 1050. The lowest BCUT2D eigenvalue weighted by atomic mass is 10.1. The fraction of sp³-hybridized carbons (Fsp3) is 0.480. The predicted octanol–water partition coefficient (Wildman–Crippen LogP) is 4.24. The zero-order valence-electron chi connectivity index (χ0n) is 19.9. The minimum absolute atomic E-state index is 0. The number of thiazole rings is 1. The van der Waals surface area contributed by atoms with Gasteiger partial charge in [-0.05, 0) is 69.6 Å². The summed E-state index contributed by atoms with van der Waals surface area (Å²) in [5.74, 6) is 1.71. The summed E-state index contributed by atoms with van der Waals surface area (Å²) in [4.78, 5) is 32.8. The third-order valence-electron chi connectivity index (χ3n) is 6.37. The lowest BCUT2D eigenvalue weighted by Gasteiger charge is -2.30. The predicted molar refractivity (Wildman–Crippen MR) is 140 cm³/mol. The number of hydrogen-bond acceptors (Lipinski definition) is 6. The zero-order chi connectivity index (χ0) is 24.1. The van der Waals surface area contributed by atoms with Crippen molar-refractivity contribution in [3.05, 3.63) is 41.8 Å². The molecule has 2 aliphatic rings. The number of aryl methyl sites for hydroxylation is 1. The molecule has 0 bridgehead atoms. The quantitative estimate of drug-likeness (QED) is 0.571. The smallest absolute Gasteiger partial charge is 0.320 e. The van der Waals surface area contributed by atoms with Crippen molar-refractivity contribution < 1.29 is 17.2 Å². The van der Waals surface area contributed by atoms with E-state index in [1.807, 2.05) is 29.3 Å². The molecule has 0 spiro atoms. The van der Waals surface area contributed by atoms with Gasteiger partial charge < -0.3 is 19.9 Å². The summed E-state index contributed by atoms with van der Waals surface area (Å²) in [6, 6.07) is 5.97. The number of nitrogens with zero attached hydrogens (tertiary/aromatic N) is 3. The summed E-state index contributed by atoms with van der Waals surface area (Å²) in [7, 11) is 2.07. The van der Waals surface area contributed by atoms with Gasteiger partial charge in [0.25, 0.3) is 0 Å². The first-order chi connectivity index (χ1) is 16.4. The van der Waals surface area contributed by atoms with E-state index in [0.717, 1.165) is 60.8 Å². The molecule has 2 aliphatic heterocycles. The maximum absolute atomic E-state index is 12.4. The van der Waals surface area contributed by atoms with Crippen molar-refractivity contribution in [3.63, 3.8) is 0 Å². The van der Waals surface area contributed by atoms with Crippen LogP contribution in [0, 0.1) is 12.8 Å². The minimum atomic E-state index is -0.211. The third kappa shape index (κ3) is 6.15. The molecule has 0 aliphatic carbocycles. The van der Waals surface area contributed by atoms with E-state index in [-0.39, 0.29) is 20.8 Å². The fourth-order valence-corrected chi connectivity index (χ4v) is 5.28. The van der Waals surface area contributed by atoms with E-state index in [0.29, 0.717) is 24.9 Å². The van der Waals surface area contributed by atoms with Crippen LogP contribution in [0.15, 0.2) is 36.2 Å². The van der Waals surface area contributed by atoms with Gasteiger partial charge in [0.05, 0.1) is 6.61 Å². The lowest BCUT2D eigenvalue weighted by molar-refractivity contribution is -0.125. The lowest BCUT2D eigenvalue weighted by Crippen LogP contribution is -2.47. The number of amides is 3. The third-order valence-corrected chi connectivity index (χ3v) is 7.27. The summed E-state index contributed by atoms with van der Waals surface area (Å²) in [6.45, 7) is 9.57. The first-order valence-corrected chi connectivity index (χ1v) is 12.7. The Labute approximate surface area is 208 Å². The number of benzene rings is 1. The molecular formula is C25H37N5O3S. The molecule has 3 amide bonds. The molecule has 2 aromatic rings. The molecule has 34 heavy (non-hydrogen) atoms. The van der Waals surface area contributed by atoms with Crippen molar-refractivity contribution in [2.24, 2.45) is 5.92 Å². The largest absolute Gasteiger partial charge is 0.493 e. The van der Waals surface area contributed by atoms with Gasteiger partial charge >= 0.3 is 6.03 Å². The molecule has 9 heteroatoms. The van der Waals surface area contributed by atoms with Gasteiger partial charge in [0.1, 0.15) is 16.6 Å². The Balaban J connectivity index is 0.00000228. The number of aromatic nitrogens is 1. The number of carbonyl (C=O) groups is 2. The molecule has 2 N–H and O–H groups in total. The van der Waals surface area contributed by atoms with Gasteiger partial charge in [0, 0.05) is 45.4 Å². The summed E-state index contributed by atoms with van der Waals surface area (Å²) < 4.78 is 6.06. The first kappa shape index (κ1) is 24.2. The highest BCUT2D eigenvalue weighted by molar-refractivity contribution is 7.13. The van der Waals surface area contributed by atoms with Crippen molar-refractivity contribution in [3.8, 4) is 16.3 Å². The Kier molecular flexibility index (Phi) is 7.84. The maximum Gasteiger partial charge on any atom is 0.320 e. The highest BCUT2D eigenvalue weighted by Crippen LogP contribution is 2.30. The van der Waals surface area contributed by atoms with Crippen LogP contribution in [0.2, 0.25) is 0 Å². The monoisotopic (exact) mass is 487 g/mol. The summed E-state index contributed by atoms with van der Waals surface area (Å²) >= 11 is 1.50.